The van der Waals surface area contributed by atoms with E-state index in [1.54, 1.807) is 12.1 Å². The summed E-state index contributed by atoms with van der Waals surface area (Å²) in [6.45, 7) is 0.575. The van der Waals surface area contributed by atoms with Gasteiger partial charge in [-0.2, -0.15) is 0 Å². The van der Waals surface area contributed by atoms with E-state index < -0.39 is 6.36 Å². The minimum absolute atomic E-state index is 0.198. The molecule has 0 saturated heterocycles. The number of halogens is 4. The molecule has 21 heavy (non-hydrogen) atoms. The molecule has 3 nitrogen and oxygen atoms in total. The maximum Gasteiger partial charge on any atom is 0.573 e. The summed E-state index contributed by atoms with van der Waals surface area (Å²) in [6.07, 6.45) is -1.48. The molecule has 0 heterocycles. The number of aliphatic hydroxyl groups is 1. The zero-order valence-corrected chi connectivity index (χ0v) is 12.9. The summed E-state index contributed by atoms with van der Waals surface area (Å²) in [5.74, 6) is -0.243. The molecule has 0 aliphatic heterocycles. The van der Waals surface area contributed by atoms with E-state index in [-0.39, 0.29) is 16.3 Å². The van der Waals surface area contributed by atoms with Gasteiger partial charge in [0.1, 0.15) is 5.75 Å². The van der Waals surface area contributed by atoms with Gasteiger partial charge >= 0.3 is 6.36 Å². The number of hydrogen-bond acceptors (Lipinski definition) is 3. The second-order valence-electron chi connectivity index (χ2n) is 5.20. The van der Waals surface area contributed by atoms with Crippen molar-refractivity contribution in [2.24, 2.45) is 0 Å². The molecule has 118 valence electrons. The Hall–Kier alpha value is -0.790. The molecule has 0 aromatic heterocycles. The molecule has 1 aliphatic rings. The fraction of sp³-hybridized carbons (Fsp3) is 0.571. The van der Waals surface area contributed by atoms with E-state index >= 15 is 0 Å². The molecule has 2 rings (SSSR count). The minimum atomic E-state index is -4.69. The average molecular weight is 368 g/mol. The van der Waals surface area contributed by atoms with Gasteiger partial charge in [0, 0.05) is 12.6 Å². The molecule has 1 aromatic rings. The third-order valence-corrected chi connectivity index (χ3v) is 4.13. The highest BCUT2D eigenvalue weighted by molar-refractivity contribution is 9.10. The van der Waals surface area contributed by atoms with Crippen molar-refractivity contribution >= 4 is 15.9 Å². The van der Waals surface area contributed by atoms with Crippen LogP contribution in [-0.4, -0.2) is 23.6 Å². The predicted molar refractivity (Wildman–Crippen MR) is 75.9 cm³/mol. The summed E-state index contributed by atoms with van der Waals surface area (Å²) in [7, 11) is 0. The Kier molecular flexibility index (Phi) is 5.51. The predicted octanol–water partition coefficient (Wildman–Crippen LogP) is 3.74. The van der Waals surface area contributed by atoms with Crippen molar-refractivity contribution in [1.82, 2.24) is 5.32 Å². The van der Waals surface area contributed by atoms with Gasteiger partial charge in [-0.15, -0.1) is 13.2 Å². The molecular weight excluding hydrogens is 351 g/mol. The van der Waals surface area contributed by atoms with Crippen LogP contribution < -0.4 is 10.1 Å². The van der Waals surface area contributed by atoms with Crippen LogP contribution in [0.25, 0.3) is 0 Å². The van der Waals surface area contributed by atoms with E-state index in [0.717, 1.165) is 31.2 Å². The van der Waals surface area contributed by atoms with Crippen molar-refractivity contribution in [1.29, 1.82) is 0 Å². The highest BCUT2D eigenvalue weighted by atomic mass is 79.9. The standard InChI is InChI=1S/C14H17BrF3NO2/c15-12-7-9(1-6-13(12)21-14(16,17)18)8-19-10-2-4-11(20)5-3-10/h1,6-7,10-11,19-20H,2-5,8H2. The minimum Gasteiger partial charge on any atom is -0.405 e. The Balaban J connectivity index is 1.88. The first-order valence-electron chi connectivity index (χ1n) is 6.79. The van der Waals surface area contributed by atoms with E-state index in [4.69, 9.17) is 0 Å². The Morgan fingerprint density at radius 3 is 2.48 bits per heavy atom. The molecule has 0 radical (unpaired) electrons. The molecule has 2 N–H and O–H groups in total. The first kappa shape index (κ1) is 16.6. The summed E-state index contributed by atoms with van der Waals surface area (Å²) in [4.78, 5) is 0. The van der Waals surface area contributed by atoms with E-state index in [1.165, 1.54) is 6.07 Å². The van der Waals surface area contributed by atoms with Crippen molar-refractivity contribution in [3.63, 3.8) is 0 Å². The average Bonchev–Trinajstić information content (AvgIpc) is 2.40. The number of hydrogen-bond donors (Lipinski definition) is 2. The van der Waals surface area contributed by atoms with Crippen LogP contribution in [-0.2, 0) is 6.54 Å². The quantitative estimate of drug-likeness (QED) is 0.851. The zero-order chi connectivity index (χ0) is 15.5. The fourth-order valence-electron chi connectivity index (χ4n) is 2.40. The van der Waals surface area contributed by atoms with Crippen molar-refractivity contribution in [3.8, 4) is 5.75 Å². The Bertz CT molecular complexity index is 474. The fourth-order valence-corrected chi connectivity index (χ4v) is 2.91. The molecule has 0 amide bonds. The lowest BCUT2D eigenvalue weighted by Crippen LogP contribution is -2.34. The lowest BCUT2D eigenvalue weighted by Gasteiger charge is -2.26. The van der Waals surface area contributed by atoms with Crippen LogP contribution in [0.2, 0.25) is 0 Å². The number of benzene rings is 1. The van der Waals surface area contributed by atoms with Gasteiger partial charge in [0.25, 0.3) is 0 Å². The Labute approximate surface area is 129 Å². The highest BCUT2D eigenvalue weighted by Crippen LogP contribution is 2.31. The lowest BCUT2D eigenvalue weighted by molar-refractivity contribution is -0.274. The first-order chi connectivity index (χ1) is 9.83. The summed E-state index contributed by atoms with van der Waals surface area (Å²) in [5, 5.41) is 12.8. The number of ether oxygens (including phenoxy) is 1. The van der Waals surface area contributed by atoms with E-state index in [1.807, 2.05) is 0 Å². The smallest absolute Gasteiger partial charge is 0.405 e. The van der Waals surface area contributed by atoms with Gasteiger partial charge in [0.05, 0.1) is 10.6 Å². The molecule has 1 fully saturated rings. The van der Waals surface area contributed by atoms with Crippen LogP contribution in [0.15, 0.2) is 22.7 Å². The molecule has 7 heteroatoms. The normalized spacial score (nSPS) is 23.1. The summed E-state index contributed by atoms with van der Waals surface area (Å²) >= 11 is 3.09. The summed E-state index contributed by atoms with van der Waals surface area (Å²) in [5.41, 5.74) is 0.877. The van der Waals surface area contributed by atoms with Crippen LogP contribution >= 0.6 is 15.9 Å². The number of nitrogens with one attached hydrogen (secondary N) is 1. The highest BCUT2D eigenvalue weighted by Gasteiger charge is 2.31. The van der Waals surface area contributed by atoms with Crippen molar-refractivity contribution in [2.75, 3.05) is 0 Å². The summed E-state index contributed by atoms with van der Waals surface area (Å²) in [6, 6.07) is 4.87. The van der Waals surface area contributed by atoms with Crippen molar-refractivity contribution in [3.05, 3.63) is 28.2 Å². The Morgan fingerprint density at radius 2 is 1.90 bits per heavy atom. The van der Waals surface area contributed by atoms with E-state index in [0.29, 0.717) is 12.6 Å². The molecule has 0 bridgehead atoms. The SMILES string of the molecule is OC1CCC(NCc2ccc(OC(F)(F)F)c(Br)c2)CC1. The monoisotopic (exact) mass is 367 g/mol. The largest absolute Gasteiger partial charge is 0.573 e. The van der Waals surface area contributed by atoms with Gasteiger partial charge < -0.3 is 15.2 Å². The maximum absolute atomic E-state index is 12.2. The van der Waals surface area contributed by atoms with Crippen LogP contribution in [0.3, 0.4) is 0 Å². The molecular formula is C14H17BrF3NO2. The van der Waals surface area contributed by atoms with Gasteiger partial charge in [-0.1, -0.05) is 6.07 Å². The third-order valence-electron chi connectivity index (χ3n) is 3.51. The van der Waals surface area contributed by atoms with Crippen LogP contribution in [0.5, 0.6) is 5.75 Å². The number of aliphatic hydroxyl groups excluding tert-OH is 1. The van der Waals surface area contributed by atoms with Gasteiger partial charge in [-0.25, -0.2) is 0 Å². The number of rotatable bonds is 4. The topological polar surface area (TPSA) is 41.5 Å². The van der Waals surface area contributed by atoms with E-state index in [9.17, 15) is 18.3 Å². The van der Waals surface area contributed by atoms with E-state index in [2.05, 4.69) is 26.0 Å². The molecule has 0 unspecified atom stereocenters. The van der Waals surface area contributed by atoms with Gasteiger partial charge in [-0.05, 0) is 59.3 Å². The van der Waals surface area contributed by atoms with Crippen LogP contribution in [0.1, 0.15) is 31.2 Å². The molecule has 0 spiro atoms. The third kappa shape index (κ3) is 5.48. The lowest BCUT2D eigenvalue weighted by atomic mass is 9.93. The molecule has 1 aliphatic carbocycles. The Morgan fingerprint density at radius 1 is 1.24 bits per heavy atom. The number of alkyl halides is 3. The van der Waals surface area contributed by atoms with Gasteiger partial charge in [-0.3, -0.25) is 0 Å². The molecule has 1 saturated carbocycles. The van der Waals surface area contributed by atoms with Crippen LogP contribution in [0.4, 0.5) is 13.2 Å². The zero-order valence-electron chi connectivity index (χ0n) is 11.3. The molecule has 1 aromatic carbocycles. The summed E-state index contributed by atoms with van der Waals surface area (Å²) < 4.78 is 40.7. The molecule has 0 atom stereocenters. The second-order valence-corrected chi connectivity index (χ2v) is 6.05. The maximum atomic E-state index is 12.2. The first-order valence-corrected chi connectivity index (χ1v) is 7.58. The second kappa shape index (κ2) is 6.98. The van der Waals surface area contributed by atoms with Gasteiger partial charge in [0.15, 0.2) is 0 Å². The van der Waals surface area contributed by atoms with Gasteiger partial charge in [0.2, 0.25) is 0 Å². The van der Waals surface area contributed by atoms with Crippen LogP contribution in [0, 0.1) is 0 Å². The van der Waals surface area contributed by atoms with Crippen molar-refractivity contribution in [2.45, 2.75) is 50.7 Å². The van der Waals surface area contributed by atoms with Crippen molar-refractivity contribution < 1.29 is 23.0 Å².